The molecule has 5 rings (SSSR count). The van der Waals surface area contributed by atoms with Gasteiger partial charge in [0, 0.05) is 47.5 Å². The van der Waals surface area contributed by atoms with Crippen molar-refractivity contribution in [2.24, 2.45) is 0 Å². The molecule has 3 aromatic carbocycles. The molecule has 0 saturated carbocycles. The molecule has 1 aromatic heterocycles. The van der Waals surface area contributed by atoms with Crippen LogP contribution in [-0.4, -0.2) is 37.5 Å². The average Bonchev–Trinajstić information content (AvgIpc) is 3.36. The van der Waals surface area contributed by atoms with Crippen LogP contribution in [0.2, 0.25) is 0 Å². The zero-order chi connectivity index (χ0) is 25.1. The predicted molar refractivity (Wildman–Crippen MR) is 137 cm³/mol. The van der Waals surface area contributed by atoms with Gasteiger partial charge in [0.2, 0.25) is 0 Å². The summed E-state index contributed by atoms with van der Waals surface area (Å²) < 4.78 is 16.6. The van der Waals surface area contributed by atoms with Gasteiger partial charge in [-0.3, -0.25) is 9.59 Å². The molecule has 7 nitrogen and oxygen atoms in total. The van der Waals surface area contributed by atoms with E-state index in [-0.39, 0.29) is 11.8 Å². The lowest BCUT2D eigenvalue weighted by atomic mass is 10.1. The number of nitrogens with zero attached hydrogens (tertiary/aromatic N) is 1. The minimum Gasteiger partial charge on any atom is -0.497 e. The van der Waals surface area contributed by atoms with Crippen LogP contribution >= 0.6 is 0 Å². The number of carbonyl (C=O) groups excluding carboxylic acids is 2. The van der Waals surface area contributed by atoms with Crippen LogP contribution in [0.3, 0.4) is 0 Å². The maximum Gasteiger partial charge on any atom is 0.255 e. The first-order chi connectivity index (χ1) is 17.5. The molecule has 36 heavy (non-hydrogen) atoms. The van der Waals surface area contributed by atoms with Gasteiger partial charge >= 0.3 is 0 Å². The van der Waals surface area contributed by atoms with E-state index in [1.807, 2.05) is 47.4 Å². The van der Waals surface area contributed by atoms with Crippen LogP contribution in [0.4, 0.5) is 5.69 Å². The number of hydrogen-bond donors (Lipinski definition) is 1. The number of carbonyl (C=O) groups is 2. The summed E-state index contributed by atoms with van der Waals surface area (Å²) >= 11 is 0. The number of hydrogen-bond acceptors (Lipinski definition) is 5. The molecule has 0 saturated heterocycles. The summed E-state index contributed by atoms with van der Waals surface area (Å²) in [6.45, 7) is 1.08. The Hall–Kier alpha value is -4.52. The summed E-state index contributed by atoms with van der Waals surface area (Å²) in [4.78, 5) is 27.4. The Labute approximate surface area is 209 Å². The van der Waals surface area contributed by atoms with E-state index < -0.39 is 0 Å². The second-order valence-electron chi connectivity index (χ2n) is 8.53. The van der Waals surface area contributed by atoms with Crippen LogP contribution in [0.25, 0.3) is 11.3 Å². The predicted octanol–water partition coefficient (Wildman–Crippen LogP) is 5.41. The van der Waals surface area contributed by atoms with Crippen LogP contribution in [-0.2, 0) is 13.0 Å². The zero-order valence-corrected chi connectivity index (χ0v) is 20.1. The molecular formula is C29H26N2O5. The molecule has 182 valence electrons. The Morgan fingerprint density at radius 1 is 0.861 bits per heavy atom. The first-order valence-corrected chi connectivity index (χ1v) is 11.6. The molecule has 0 aliphatic carbocycles. The third-order valence-corrected chi connectivity index (χ3v) is 6.23. The number of fused-ring (bicyclic) bond motifs is 1. The minimum atomic E-state index is -0.212. The number of rotatable bonds is 6. The normalized spacial score (nSPS) is 12.6. The summed E-state index contributed by atoms with van der Waals surface area (Å²) in [6, 6.07) is 23.7. The van der Waals surface area contributed by atoms with Crippen molar-refractivity contribution in [1.29, 1.82) is 0 Å². The van der Waals surface area contributed by atoms with Gasteiger partial charge in [0.1, 0.15) is 23.0 Å². The van der Waals surface area contributed by atoms with Gasteiger partial charge in [-0.1, -0.05) is 12.1 Å². The fourth-order valence-electron chi connectivity index (χ4n) is 4.27. The quantitative estimate of drug-likeness (QED) is 0.397. The van der Waals surface area contributed by atoms with E-state index in [9.17, 15) is 9.59 Å². The van der Waals surface area contributed by atoms with Crippen molar-refractivity contribution in [1.82, 2.24) is 4.90 Å². The number of furan rings is 1. The molecule has 2 amide bonds. The Kier molecular flexibility index (Phi) is 6.45. The van der Waals surface area contributed by atoms with Crippen molar-refractivity contribution in [2.45, 2.75) is 13.0 Å². The van der Waals surface area contributed by atoms with Gasteiger partial charge in [-0.15, -0.1) is 0 Å². The fraction of sp³-hybridized carbons (Fsp3) is 0.172. The maximum absolute atomic E-state index is 13.0. The lowest BCUT2D eigenvalue weighted by Crippen LogP contribution is -2.35. The largest absolute Gasteiger partial charge is 0.497 e. The van der Waals surface area contributed by atoms with Gasteiger partial charge in [-0.05, 0) is 66.7 Å². The number of anilines is 1. The molecule has 0 spiro atoms. The van der Waals surface area contributed by atoms with Gasteiger partial charge in [0.15, 0.2) is 0 Å². The summed E-state index contributed by atoms with van der Waals surface area (Å²) in [7, 11) is 3.16. The van der Waals surface area contributed by atoms with Gasteiger partial charge in [-0.2, -0.15) is 0 Å². The third-order valence-electron chi connectivity index (χ3n) is 6.23. The van der Waals surface area contributed by atoms with E-state index in [4.69, 9.17) is 13.9 Å². The van der Waals surface area contributed by atoms with Crippen LogP contribution < -0.4 is 14.8 Å². The molecule has 1 N–H and O–H groups in total. The van der Waals surface area contributed by atoms with Gasteiger partial charge in [0.25, 0.3) is 11.8 Å². The molecule has 0 radical (unpaired) electrons. The third kappa shape index (κ3) is 4.81. The van der Waals surface area contributed by atoms with Crippen LogP contribution in [0.5, 0.6) is 11.5 Å². The first-order valence-electron chi connectivity index (χ1n) is 11.6. The Balaban J connectivity index is 1.27. The highest BCUT2D eigenvalue weighted by Crippen LogP contribution is 2.31. The summed E-state index contributed by atoms with van der Waals surface area (Å²) in [6.07, 6.45) is 0.653. The van der Waals surface area contributed by atoms with Crippen molar-refractivity contribution < 1.29 is 23.5 Å². The Morgan fingerprint density at radius 2 is 1.53 bits per heavy atom. The van der Waals surface area contributed by atoms with E-state index in [0.29, 0.717) is 47.8 Å². The first kappa shape index (κ1) is 23.2. The monoisotopic (exact) mass is 482 g/mol. The molecule has 7 heteroatoms. The molecule has 4 aromatic rings. The van der Waals surface area contributed by atoms with Gasteiger partial charge < -0.3 is 24.1 Å². The topological polar surface area (TPSA) is 81.0 Å². The summed E-state index contributed by atoms with van der Waals surface area (Å²) in [5.74, 6) is 2.68. The Morgan fingerprint density at radius 3 is 2.22 bits per heavy atom. The van der Waals surface area contributed by atoms with Crippen LogP contribution in [0.15, 0.2) is 83.3 Å². The number of ether oxygens (including phenoxy) is 2. The smallest absolute Gasteiger partial charge is 0.255 e. The fourth-order valence-corrected chi connectivity index (χ4v) is 4.27. The minimum absolute atomic E-state index is 0.0292. The summed E-state index contributed by atoms with van der Waals surface area (Å²) in [5, 5.41) is 2.90. The van der Waals surface area contributed by atoms with Crippen molar-refractivity contribution in [3.8, 4) is 22.8 Å². The van der Waals surface area contributed by atoms with Crippen LogP contribution in [0.1, 0.15) is 32.0 Å². The SMILES string of the molecule is COc1cccc(C(=O)Nc2ccc(-c3cc4c(o3)CCN(C(=O)c3cccc(OC)c3)C4)cc2)c1. The van der Waals surface area contributed by atoms with Crippen molar-refractivity contribution in [3.63, 3.8) is 0 Å². The molecule has 0 bridgehead atoms. The molecular weight excluding hydrogens is 456 g/mol. The van der Waals surface area contributed by atoms with E-state index in [1.165, 1.54) is 0 Å². The van der Waals surface area contributed by atoms with E-state index >= 15 is 0 Å². The van der Waals surface area contributed by atoms with E-state index in [1.54, 1.807) is 50.6 Å². The molecule has 0 atom stereocenters. The molecule has 1 aliphatic rings. The average molecular weight is 483 g/mol. The molecule has 2 heterocycles. The highest BCUT2D eigenvalue weighted by atomic mass is 16.5. The van der Waals surface area contributed by atoms with Crippen molar-refractivity contribution >= 4 is 17.5 Å². The number of amides is 2. The van der Waals surface area contributed by atoms with E-state index in [2.05, 4.69) is 5.32 Å². The highest BCUT2D eigenvalue weighted by molar-refractivity contribution is 6.04. The van der Waals surface area contributed by atoms with Crippen molar-refractivity contribution in [3.05, 3.63) is 101 Å². The highest BCUT2D eigenvalue weighted by Gasteiger charge is 2.25. The summed E-state index contributed by atoms with van der Waals surface area (Å²) in [5.41, 5.74) is 3.70. The number of nitrogens with one attached hydrogen (secondary N) is 1. The maximum atomic E-state index is 13.0. The van der Waals surface area contributed by atoms with Gasteiger partial charge in [-0.25, -0.2) is 0 Å². The second kappa shape index (κ2) is 10.00. The van der Waals surface area contributed by atoms with Crippen molar-refractivity contribution in [2.75, 3.05) is 26.1 Å². The number of methoxy groups -OCH3 is 2. The Bertz CT molecular complexity index is 1410. The molecule has 1 aliphatic heterocycles. The van der Waals surface area contributed by atoms with Gasteiger partial charge in [0.05, 0.1) is 14.2 Å². The second-order valence-corrected chi connectivity index (χ2v) is 8.53. The lowest BCUT2D eigenvalue weighted by Gasteiger charge is -2.26. The van der Waals surface area contributed by atoms with Crippen LogP contribution in [0, 0.1) is 0 Å². The number of benzene rings is 3. The zero-order valence-electron chi connectivity index (χ0n) is 20.1. The van der Waals surface area contributed by atoms with E-state index in [0.717, 1.165) is 22.6 Å². The molecule has 0 unspecified atom stereocenters. The standard InChI is InChI=1S/C29H26N2O5/c1-34-24-7-3-5-20(15-24)28(32)30-23-11-9-19(10-12-23)27-17-22-18-31(14-13-26(22)36-27)29(33)21-6-4-8-25(16-21)35-2/h3-12,15-17H,13-14,18H2,1-2H3,(H,30,32). The lowest BCUT2D eigenvalue weighted by molar-refractivity contribution is 0.0729. The molecule has 0 fully saturated rings.